The van der Waals surface area contributed by atoms with Crippen LogP contribution in [0.3, 0.4) is 0 Å². The van der Waals surface area contributed by atoms with E-state index in [1.165, 1.54) is 12.1 Å². The Bertz CT molecular complexity index is 930. The van der Waals surface area contributed by atoms with Crippen molar-refractivity contribution in [1.82, 2.24) is 4.72 Å². The molecule has 1 amide bonds. The van der Waals surface area contributed by atoms with E-state index in [-0.39, 0.29) is 5.75 Å². The van der Waals surface area contributed by atoms with Crippen LogP contribution < -0.4 is 4.72 Å². The molecule has 1 N–H and O–H groups in total. The molecule has 5 nitrogen and oxygen atoms in total. The fraction of sp³-hybridized carbons (Fsp3) is 0.222. The minimum Gasteiger partial charge on any atom is -0.273 e. The minimum atomic E-state index is -3.87. The molecule has 0 saturated carbocycles. The molecule has 0 fully saturated rings. The highest BCUT2D eigenvalue weighted by Gasteiger charge is 2.32. The zero-order chi connectivity index (χ0) is 18.7. The van der Waals surface area contributed by atoms with Gasteiger partial charge in [-0.2, -0.15) is 5.26 Å². The standard InChI is InChI=1S/C18H17ClN2O3S/c1-18(2,15-4-3-5-16(19)10-15)17(22)21-25(23,24)12-14-8-6-13(11-20)7-9-14/h3-10H,12H2,1-2H3,(H,21,22). The largest absolute Gasteiger partial charge is 0.273 e. The maximum absolute atomic E-state index is 12.5. The molecule has 0 atom stereocenters. The summed E-state index contributed by atoms with van der Waals surface area (Å²) in [5.74, 6) is -0.987. The number of halogens is 1. The van der Waals surface area contributed by atoms with Crippen molar-refractivity contribution in [1.29, 1.82) is 5.26 Å². The van der Waals surface area contributed by atoms with Gasteiger partial charge in [0.25, 0.3) is 0 Å². The molecule has 0 bridgehead atoms. The second-order valence-electron chi connectivity index (χ2n) is 6.13. The van der Waals surface area contributed by atoms with Gasteiger partial charge in [-0.3, -0.25) is 9.52 Å². The summed E-state index contributed by atoms with van der Waals surface area (Å²) in [5, 5.41) is 9.23. The van der Waals surface area contributed by atoms with Crippen LogP contribution in [0.5, 0.6) is 0 Å². The predicted octanol–water partition coefficient (Wildman–Crippen LogP) is 3.14. The van der Waals surface area contributed by atoms with Crippen LogP contribution in [0.15, 0.2) is 48.5 Å². The molecule has 130 valence electrons. The van der Waals surface area contributed by atoms with Gasteiger partial charge in [0, 0.05) is 5.02 Å². The maximum atomic E-state index is 12.5. The van der Waals surface area contributed by atoms with E-state index >= 15 is 0 Å². The van der Waals surface area contributed by atoms with Crippen LogP contribution in [0.25, 0.3) is 0 Å². The van der Waals surface area contributed by atoms with Crippen LogP contribution in [-0.4, -0.2) is 14.3 Å². The van der Waals surface area contributed by atoms with Gasteiger partial charge in [-0.1, -0.05) is 35.9 Å². The first kappa shape index (κ1) is 19.0. The molecule has 0 heterocycles. The van der Waals surface area contributed by atoms with Crippen molar-refractivity contribution in [2.24, 2.45) is 0 Å². The van der Waals surface area contributed by atoms with E-state index < -0.39 is 21.3 Å². The van der Waals surface area contributed by atoms with Crippen molar-refractivity contribution in [2.45, 2.75) is 25.0 Å². The van der Waals surface area contributed by atoms with E-state index in [9.17, 15) is 13.2 Å². The van der Waals surface area contributed by atoms with Gasteiger partial charge in [0.2, 0.25) is 15.9 Å². The smallest absolute Gasteiger partial charge is 0.243 e. The fourth-order valence-electron chi connectivity index (χ4n) is 2.21. The van der Waals surface area contributed by atoms with Gasteiger partial charge in [0.15, 0.2) is 0 Å². The van der Waals surface area contributed by atoms with Crippen LogP contribution in [0.1, 0.15) is 30.5 Å². The highest BCUT2D eigenvalue weighted by atomic mass is 35.5. The van der Waals surface area contributed by atoms with E-state index in [2.05, 4.69) is 4.72 Å². The molecule has 0 aliphatic rings. The van der Waals surface area contributed by atoms with Crippen molar-refractivity contribution < 1.29 is 13.2 Å². The van der Waals surface area contributed by atoms with Gasteiger partial charge >= 0.3 is 0 Å². The molecule has 2 rings (SSSR count). The van der Waals surface area contributed by atoms with E-state index in [1.807, 2.05) is 6.07 Å². The monoisotopic (exact) mass is 376 g/mol. The molecular weight excluding hydrogens is 360 g/mol. The number of benzene rings is 2. The van der Waals surface area contributed by atoms with Gasteiger partial charge in [-0.15, -0.1) is 0 Å². The summed E-state index contributed by atoms with van der Waals surface area (Å²) in [4.78, 5) is 12.5. The molecule has 7 heteroatoms. The van der Waals surface area contributed by atoms with Crippen LogP contribution in [-0.2, 0) is 26.0 Å². The quantitative estimate of drug-likeness (QED) is 0.868. The third-order valence-electron chi connectivity index (χ3n) is 3.80. The highest BCUT2D eigenvalue weighted by molar-refractivity contribution is 7.89. The second-order valence-corrected chi connectivity index (χ2v) is 8.29. The Morgan fingerprint density at radius 1 is 1.20 bits per heavy atom. The number of amides is 1. The average Bonchev–Trinajstić information content (AvgIpc) is 2.54. The summed E-state index contributed by atoms with van der Waals surface area (Å²) < 4.78 is 26.7. The summed E-state index contributed by atoms with van der Waals surface area (Å²) in [6.45, 7) is 3.26. The number of carbonyl (C=O) groups excluding carboxylic acids is 1. The topological polar surface area (TPSA) is 87.0 Å². The maximum Gasteiger partial charge on any atom is 0.243 e. The highest BCUT2D eigenvalue weighted by Crippen LogP contribution is 2.26. The Labute approximate surface area is 152 Å². The summed E-state index contributed by atoms with van der Waals surface area (Å²) in [5.41, 5.74) is 0.473. The average molecular weight is 377 g/mol. The van der Waals surface area contributed by atoms with Gasteiger partial charge < -0.3 is 0 Å². The molecule has 0 aromatic heterocycles. The number of nitrogens with zero attached hydrogens (tertiary/aromatic N) is 1. The molecule has 0 aliphatic heterocycles. The van der Waals surface area contributed by atoms with Crippen molar-refractivity contribution in [2.75, 3.05) is 0 Å². The first-order chi connectivity index (χ1) is 11.6. The second kappa shape index (κ2) is 7.26. The number of rotatable bonds is 5. The van der Waals surface area contributed by atoms with E-state index in [0.717, 1.165) is 0 Å². The van der Waals surface area contributed by atoms with Gasteiger partial charge in [0.05, 0.1) is 22.8 Å². The van der Waals surface area contributed by atoms with E-state index in [0.29, 0.717) is 21.7 Å². The summed E-state index contributed by atoms with van der Waals surface area (Å²) >= 11 is 5.95. The number of nitrogens with one attached hydrogen (secondary N) is 1. The Balaban J connectivity index is 2.15. The molecule has 0 saturated heterocycles. The van der Waals surface area contributed by atoms with E-state index in [1.54, 1.807) is 50.2 Å². The van der Waals surface area contributed by atoms with Gasteiger partial charge in [0.1, 0.15) is 0 Å². The van der Waals surface area contributed by atoms with Crippen molar-refractivity contribution >= 4 is 27.5 Å². The number of hydrogen-bond acceptors (Lipinski definition) is 4. The van der Waals surface area contributed by atoms with E-state index in [4.69, 9.17) is 16.9 Å². The Morgan fingerprint density at radius 3 is 2.40 bits per heavy atom. The lowest BCUT2D eigenvalue weighted by atomic mass is 9.84. The molecule has 2 aromatic carbocycles. The first-order valence-corrected chi connectivity index (χ1v) is 9.47. The lowest BCUT2D eigenvalue weighted by Gasteiger charge is -2.24. The zero-order valence-corrected chi connectivity index (χ0v) is 15.4. The number of hydrogen-bond donors (Lipinski definition) is 1. The normalized spacial score (nSPS) is 11.6. The van der Waals surface area contributed by atoms with Crippen LogP contribution in [0.2, 0.25) is 5.02 Å². The molecule has 0 aliphatic carbocycles. The number of nitriles is 1. The van der Waals surface area contributed by atoms with Crippen molar-refractivity contribution in [3.63, 3.8) is 0 Å². The molecule has 0 unspecified atom stereocenters. The Hall–Kier alpha value is -2.36. The SMILES string of the molecule is CC(C)(C(=O)NS(=O)(=O)Cc1ccc(C#N)cc1)c1cccc(Cl)c1. The molecule has 0 spiro atoms. The predicted molar refractivity (Wildman–Crippen MR) is 96.4 cm³/mol. The summed E-state index contributed by atoms with van der Waals surface area (Å²) in [7, 11) is -3.87. The third kappa shape index (κ3) is 4.81. The van der Waals surface area contributed by atoms with Crippen molar-refractivity contribution in [3.05, 3.63) is 70.2 Å². The fourth-order valence-corrected chi connectivity index (χ4v) is 3.64. The Morgan fingerprint density at radius 2 is 1.84 bits per heavy atom. The molecule has 25 heavy (non-hydrogen) atoms. The van der Waals surface area contributed by atoms with Crippen LogP contribution >= 0.6 is 11.6 Å². The third-order valence-corrected chi connectivity index (χ3v) is 5.25. The molecule has 0 radical (unpaired) electrons. The number of sulfonamides is 1. The number of carbonyl (C=O) groups is 1. The molecular formula is C18H17ClN2O3S. The summed E-state index contributed by atoms with van der Waals surface area (Å²) in [6.07, 6.45) is 0. The van der Waals surface area contributed by atoms with Crippen LogP contribution in [0, 0.1) is 11.3 Å². The van der Waals surface area contributed by atoms with Crippen LogP contribution in [0.4, 0.5) is 0 Å². The zero-order valence-electron chi connectivity index (χ0n) is 13.8. The van der Waals surface area contributed by atoms with Crippen molar-refractivity contribution in [3.8, 4) is 6.07 Å². The first-order valence-electron chi connectivity index (χ1n) is 7.44. The summed E-state index contributed by atoms with van der Waals surface area (Å²) in [6, 6.07) is 14.9. The van der Waals surface area contributed by atoms with Gasteiger partial charge in [-0.05, 0) is 49.2 Å². The molecule has 2 aromatic rings. The minimum absolute atomic E-state index is 0.351. The Kier molecular flexibility index (Phi) is 5.51. The lowest BCUT2D eigenvalue weighted by molar-refractivity contribution is -0.123. The van der Waals surface area contributed by atoms with Gasteiger partial charge in [-0.25, -0.2) is 8.42 Å². The lowest BCUT2D eigenvalue weighted by Crippen LogP contribution is -2.43.